The van der Waals surface area contributed by atoms with Crippen LogP contribution in [0.2, 0.25) is 0 Å². The third-order valence-corrected chi connectivity index (χ3v) is 3.31. The van der Waals surface area contributed by atoms with E-state index in [4.69, 9.17) is 4.74 Å². The van der Waals surface area contributed by atoms with Crippen molar-refractivity contribution in [2.75, 3.05) is 18.1 Å². The van der Waals surface area contributed by atoms with E-state index in [2.05, 4.69) is 4.98 Å². The van der Waals surface area contributed by atoms with E-state index in [0.29, 0.717) is 36.8 Å². The molecule has 1 aromatic carbocycles. The lowest BCUT2D eigenvalue weighted by Gasteiger charge is -2.20. The summed E-state index contributed by atoms with van der Waals surface area (Å²) in [5, 5.41) is 10.6. The fourth-order valence-electron chi connectivity index (χ4n) is 2.23. The zero-order chi connectivity index (χ0) is 14.8. The van der Waals surface area contributed by atoms with E-state index in [1.54, 1.807) is 18.2 Å². The van der Waals surface area contributed by atoms with Crippen LogP contribution in [0.3, 0.4) is 0 Å². The summed E-state index contributed by atoms with van der Waals surface area (Å²) in [7, 11) is 0. The van der Waals surface area contributed by atoms with E-state index < -0.39 is 4.92 Å². The minimum Gasteiger partial charge on any atom is -0.491 e. The predicted molar refractivity (Wildman–Crippen MR) is 73.8 cm³/mol. The Labute approximate surface area is 119 Å². The van der Waals surface area contributed by atoms with Crippen molar-refractivity contribution in [3.05, 3.63) is 58.0 Å². The molecule has 0 spiro atoms. The third kappa shape index (κ3) is 2.62. The van der Waals surface area contributed by atoms with Crippen LogP contribution in [0.5, 0.6) is 5.75 Å². The molecule has 7 heteroatoms. The highest BCUT2D eigenvalue weighted by molar-refractivity contribution is 5.46. The van der Waals surface area contributed by atoms with Crippen LogP contribution in [0, 0.1) is 15.9 Å². The third-order valence-electron chi connectivity index (χ3n) is 3.31. The lowest BCUT2D eigenvalue weighted by Crippen LogP contribution is -2.26. The number of halogens is 1. The molecular weight excluding hydrogens is 277 g/mol. The summed E-state index contributed by atoms with van der Waals surface area (Å²) < 4.78 is 19.4. The monoisotopic (exact) mass is 289 g/mol. The average molecular weight is 289 g/mol. The number of anilines is 1. The molecule has 1 aliphatic heterocycles. The van der Waals surface area contributed by atoms with Crippen molar-refractivity contribution in [3.8, 4) is 5.75 Å². The quantitative estimate of drug-likeness (QED) is 0.627. The lowest BCUT2D eigenvalue weighted by molar-refractivity contribution is -0.385. The molecule has 0 aliphatic carbocycles. The number of hydrogen-bond donors (Lipinski definition) is 0. The fourth-order valence-corrected chi connectivity index (χ4v) is 2.23. The summed E-state index contributed by atoms with van der Waals surface area (Å²) >= 11 is 0. The van der Waals surface area contributed by atoms with Gasteiger partial charge in [-0.1, -0.05) is 6.07 Å². The maximum absolute atomic E-state index is 13.9. The van der Waals surface area contributed by atoms with E-state index in [9.17, 15) is 14.5 Å². The van der Waals surface area contributed by atoms with Gasteiger partial charge in [0.1, 0.15) is 30.2 Å². The Balaban J connectivity index is 1.89. The molecule has 1 aliphatic rings. The number of aromatic nitrogens is 1. The molecule has 0 fully saturated rings. The van der Waals surface area contributed by atoms with E-state index in [1.165, 1.54) is 18.3 Å². The second-order valence-corrected chi connectivity index (χ2v) is 4.62. The summed E-state index contributed by atoms with van der Waals surface area (Å²) in [6, 6.07) is 7.66. The molecule has 0 amide bonds. The number of benzene rings is 1. The van der Waals surface area contributed by atoms with Crippen molar-refractivity contribution >= 4 is 11.5 Å². The minimum atomic E-state index is -0.503. The Bertz CT molecular complexity index is 676. The van der Waals surface area contributed by atoms with Gasteiger partial charge in [-0.15, -0.1) is 0 Å². The number of pyridine rings is 1. The Morgan fingerprint density at radius 3 is 2.90 bits per heavy atom. The predicted octanol–water partition coefficient (Wildman–Crippen LogP) is 2.53. The largest absolute Gasteiger partial charge is 0.491 e. The molecule has 1 aromatic heterocycles. The first-order valence-corrected chi connectivity index (χ1v) is 6.41. The summed E-state index contributed by atoms with van der Waals surface area (Å²) in [6.07, 6.45) is 1.20. The molecule has 2 heterocycles. The van der Waals surface area contributed by atoms with E-state index in [0.717, 1.165) is 0 Å². The van der Waals surface area contributed by atoms with E-state index >= 15 is 0 Å². The van der Waals surface area contributed by atoms with Gasteiger partial charge in [-0.25, -0.2) is 9.37 Å². The average Bonchev–Trinajstić information content (AvgIpc) is 2.71. The maximum Gasteiger partial charge on any atom is 0.287 e. The van der Waals surface area contributed by atoms with Crippen molar-refractivity contribution in [3.63, 3.8) is 0 Å². The van der Waals surface area contributed by atoms with Crippen LogP contribution in [-0.2, 0) is 6.54 Å². The van der Waals surface area contributed by atoms with Crippen LogP contribution in [0.15, 0.2) is 36.5 Å². The number of nitrogens with zero attached hydrogens (tertiary/aromatic N) is 3. The fraction of sp³-hybridized carbons (Fsp3) is 0.214. The molecule has 6 nitrogen and oxygen atoms in total. The molecule has 0 bridgehead atoms. The Morgan fingerprint density at radius 1 is 1.33 bits per heavy atom. The topological polar surface area (TPSA) is 68.5 Å². The second-order valence-electron chi connectivity index (χ2n) is 4.62. The van der Waals surface area contributed by atoms with Gasteiger partial charge in [-0.05, 0) is 18.2 Å². The Kier molecular flexibility index (Phi) is 3.39. The number of fused-ring (bicyclic) bond motifs is 1. The molecule has 0 saturated carbocycles. The molecule has 2 aromatic rings. The van der Waals surface area contributed by atoms with E-state index in [1.807, 2.05) is 4.90 Å². The van der Waals surface area contributed by atoms with Crippen molar-refractivity contribution in [1.29, 1.82) is 0 Å². The van der Waals surface area contributed by atoms with Gasteiger partial charge >= 0.3 is 0 Å². The van der Waals surface area contributed by atoms with Crippen molar-refractivity contribution < 1.29 is 14.1 Å². The highest BCUT2D eigenvalue weighted by Crippen LogP contribution is 2.27. The summed E-state index contributed by atoms with van der Waals surface area (Å²) in [6.45, 7) is 1.24. The Hall–Kier alpha value is -2.70. The summed E-state index contributed by atoms with van der Waals surface area (Å²) in [5.41, 5.74) is 0.395. The summed E-state index contributed by atoms with van der Waals surface area (Å²) in [5.74, 6) is 0.751. The van der Waals surface area contributed by atoms with Crippen LogP contribution >= 0.6 is 0 Å². The number of rotatable bonds is 2. The molecule has 21 heavy (non-hydrogen) atoms. The van der Waals surface area contributed by atoms with Crippen molar-refractivity contribution in [1.82, 2.24) is 4.98 Å². The number of hydrogen-bond acceptors (Lipinski definition) is 5. The molecule has 0 atom stereocenters. The first-order chi connectivity index (χ1) is 10.1. The standard InChI is InChI=1S/C14H12FN3O3/c15-12-2-1-3-13-11(12)9-17(6-7-21-13)14-5-4-10(8-16-14)18(19)20/h1-5,8H,6-7,9H2. The number of ether oxygens (including phenoxy) is 1. The Morgan fingerprint density at radius 2 is 2.19 bits per heavy atom. The van der Waals surface area contributed by atoms with Gasteiger partial charge in [0, 0.05) is 11.6 Å². The molecule has 0 saturated heterocycles. The molecule has 3 rings (SSSR count). The van der Waals surface area contributed by atoms with Gasteiger partial charge in [0.25, 0.3) is 5.69 Å². The van der Waals surface area contributed by atoms with Crippen LogP contribution in [0.4, 0.5) is 15.9 Å². The summed E-state index contributed by atoms with van der Waals surface area (Å²) in [4.78, 5) is 16.0. The first-order valence-electron chi connectivity index (χ1n) is 6.41. The molecule has 0 radical (unpaired) electrons. The molecule has 108 valence electrons. The van der Waals surface area contributed by atoms with Crippen molar-refractivity contribution in [2.45, 2.75) is 6.54 Å². The van der Waals surface area contributed by atoms with E-state index in [-0.39, 0.29) is 11.5 Å². The molecular formula is C14H12FN3O3. The highest BCUT2D eigenvalue weighted by Gasteiger charge is 2.20. The van der Waals surface area contributed by atoms with Gasteiger partial charge < -0.3 is 9.64 Å². The van der Waals surface area contributed by atoms with Crippen LogP contribution in [0.1, 0.15) is 5.56 Å². The molecule has 0 N–H and O–H groups in total. The van der Waals surface area contributed by atoms with Crippen molar-refractivity contribution in [2.24, 2.45) is 0 Å². The van der Waals surface area contributed by atoms with Crippen LogP contribution in [-0.4, -0.2) is 23.1 Å². The zero-order valence-electron chi connectivity index (χ0n) is 11.0. The first kappa shape index (κ1) is 13.3. The lowest BCUT2D eigenvalue weighted by atomic mass is 10.2. The highest BCUT2D eigenvalue weighted by atomic mass is 19.1. The van der Waals surface area contributed by atoms with Gasteiger partial charge in [-0.3, -0.25) is 10.1 Å². The van der Waals surface area contributed by atoms with Gasteiger partial charge in [0.15, 0.2) is 0 Å². The van der Waals surface area contributed by atoms with Gasteiger partial charge in [-0.2, -0.15) is 0 Å². The smallest absolute Gasteiger partial charge is 0.287 e. The van der Waals surface area contributed by atoms with Crippen LogP contribution < -0.4 is 9.64 Å². The van der Waals surface area contributed by atoms with Crippen LogP contribution in [0.25, 0.3) is 0 Å². The van der Waals surface area contributed by atoms with Gasteiger partial charge in [0.2, 0.25) is 0 Å². The minimum absolute atomic E-state index is 0.0728. The maximum atomic E-state index is 13.9. The SMILES string of the molecule is O=[N+]([O-])c1ccc(N2CCOc3cccc(F)c3C2)nc1. The normalized spacial score (nSPS) is 14.0. The van der Waals surface area contributed by atoms with Gasteiger partial charge in [0.05, 0.1) is 18.0 Å². The number of nitro groups is 1. The molecule has 0 unspecified atom stereocenters. The second kappa shape index (κ2) is 5.35. The zero-order valence-corrected chi connectivity index (χ0v) is 11.0.